The van der Waals surface area contributed by atoms with E-state index >= 15 is 0 Å². The van der Waals surface area contributed by atoms with Gasteiger partial charge in [-0.1, -0.05) is 25.1 Å². The molecule has 7 heteroatoms. The van der Waals surface area contributed by atoms with Gasteiger partial charge in [0, 0.05) is 68.7 Å². The van der Waals surface area contributed by atoms with Gasteiger partial charge in [0.15, 0.2) is 0 Å². The molecule has 1 aromatic heterocycles. The summed E-state index contributed by atoms with van der Waals surface area (Å²) in [4.78, 5) is 31.4. The van der Waals surface area contributed by atoms with Gasteiger partial charge in [0.2, 0.25) is 5.91 Å². The number of carbonyl (C=O) groups is 2. The van der Waals surface area contributed by atoms with E-state index in [0.29, 0.717) is 26.1 Å². The molecular formula is C26H29N5O2. The van der Waals surface area contributed by atoms with E-state index in [9.17, 15) is 9.59 Å². The van der Waals surface area contributed by atoms with Crippen LogP contribution in [0.25, 0.3) is 5.69 Å². The molecule has 2 amide bonds. The minimum absolute atomic E-state index is 0.0783. The van der Waals surface area contributed by atoms with E-state index in [1.165, 1.54) is 5.56 Å². The number of aromatic nitrogens is 2. The Kier molecular flexibility index (Phi) is 5.96. The normalized spacial score (nSPS) is 16.2. The number of fused-ring (bicyclic) bond motifs is 1. The molecule has 0 radical (unpaired) electrons. The lowest BCUT2D eigenvalue weighted by atomic mass is 10.1. The molecule has 0 spiro atoms. The first-order valence-corrected chi connectivity index (χ1v) is 11.7. The van der Waals surface area contributed by atoms with Crippen molar-refractivity contribution in [3.63, 3.8) is 0 Å². The van der Waals surface area contributed by atoms with Gasteiger partial charge < -0.3 is 9.80 Å². The van der Waals surface area contributed by atoms with E-state index in [4.69, 9.17) is 0 Å². The number of para-hydroxylation sites is 1. The standard InChI is InChI=1S/C26H29N5O2/c1-2-25(32)30-11-10-21-16-22(8-9-24(21)30)26(33)29-14-12-28(13-15-29)18-20-17-27-31(19-20)23-6-4-3-5-7-23/h3-9,16-17,19H,2,10-15,18H2,1H3. The van der Waals surface area contributed by atoms with Crippen LogP contribution in [0.2, 0.25) is 0 Å². The molecule has 0 saturated carbocycles. The van der Waals surface area contributed by atoms with Crippen LogP contribution in [-0.2, 0) is 17.8 Å². The lowest BCUT2D eigenvalue weighted by molar-refractivity contribution is -0.118. The summed E-state index contributed by atoms with van der Waals surface area (Å²) in [5.41, 5.74) is 4.99. The monoisotopic (exact) mass is 443 g/mol. The molecule has 170 valence electrons. The number of amides is 2. The number of benzene rings is 2. The van der Waals surface area contributed by atoms with Crippen molar-refractivity contribution in [2.45, 2.75) is 26.3 Å². The van der Waals surface area contributed by atoms with Gasteiger partial charge in [0.1, 0.15) is 0 Å². The summed E-state index contributed by atoms with van der Waals surface area (Å²) in [6.45, 7) is 6.52. The Hall–Kier alpha value is -3.45. The van der Waals surface area contributed by atoms with Crippen LogP contribution in [0.1, 0.15) is 34.8 Å². The summed E-state index contributed by atoms with van der Waals surface area (Å²) in [7, 11) is 0. The third kappa shape index (κ3) is 4.41. The van der Waals surface area contributed by atoms with E-state index in [-0.39, 0.29) is 11.8 Å². The summed E-state index contributed by atoms with van der Waals surface area (Å²) in [6.07, 6.45) is 5.30. The average Bonchev–Trinajstić information content (AvgIpc) is 3.51. The lowest BCUT2D eigenvalue weighted by Gasteiger charge is -2.34. The summed E-state index contributed by atoms with van der Waals surface area (Å²) >= 11 is 0. The van der Waals surface area contributed by atoms with Gasteiger partial charge in [-0.15, -0.1) is 0 Å². The van der Waals surface area contributed by atoms with Crippen molar-refractivity contribution in [3.8, 4) is 5.69 Å². The maximum Gasteiger partial charge on any atom is 0.253 e. The van der Waals surface area contributed by atoms with E-state index in [0.717, 1.165) is 48.6 Å². The smallest absolute Gasteiger partial charge is 0.253 e. The number of carbonyl (C=O) groups excluding carboxylic acids is 2. The minimum Gasteiger partial charge on any atom is -0.336 e. The molecule has 3 aromatic rings. The fourth-order valence-corrected chi connectivity index (χ4v) is 4.70. The second-order valence-corrected chi connectivity index (χ2v) is 8.69. The van der Waals surface area contributed by atoms with Crippen molar-refractivity contribution >= 4 is 17.5 Å². The first-order valence-electron chi connectivity index (χ1n) is 11.7. The maximum absolute atomic E-state index is 13.1. The molecule has 0 atom stereocenters. The quantitative estimate of drug-likeness (QED) is 0.608. The molecule has 1 saturated heterocycles. The Morgan fingerprint density at radius 1 is 0.970 bits per heavy atom. The fourth-order valence-electron chi connectivity index (χ4n) is 4.70. The number of hydrogen-bond acceptors (Lipinski definition) is 4. The van der Waals surface area contributed by atoms with Crippen molar-refractivity contribution in [2.75, 3.05) is 37.6 Å². The third-order valence-corrected chi connectivity index (χ3v) is 6.55. The Balaban J connectivity index is 1.18. The number of anilines is 1. The van der Waals surface area contributed by atoms with Crippen LogP contribution in [-0.4, -0.2) is 64.1 Å². The largest absolute Gasteiger partial charge is 0.336 e. The molecule has 1 fully saturated rings. The molecule has 0 N–H and O–H groups in total. The molecule has 33 heavy (non-hydrogen) atoms. The first kappa shape index (κ1) is 21.4. The van der Waals surface area contributed by atoms with Crippen LogP contribution in [0.4, 0.5) is 5.69 Å². The molecule has 0 aliphatic carbocycles. The van der Waals surface area contributed by atoms with Crippen LogP contribution in [0.3, 0.4) is 0 Å². The predicted octanol–water partition coefficient (Wildman–Crippen LogP) is 3.13. The van der Waals surface area contributed by atoms with Gasteiger partial charge in [0.05, 0.1) is 11.9 Å². The maximum atomic E-state index is 13.1. The number of rotatable bonds is 5. The number of piperazine rings is 1. The molecule has 3 heterocycles. The van der Waals surface area contributed by atoms with Crippen molar-refractivity contribution in [1.82, 2.24) is 19.6 Å². The minimum atomic E-state index is 0.0783. The number of hydrogen-bond donors (Lipinski definition) is 0. The SMILES string of the molecule is CCC(=O)N1CCc2cc(C(=O)N3CCN(Cc4cnn(-c5ccccc5)c4)CC3)ccc21. The van der Waals surface area contributed by atoms with Crippen molar-refractivity contribution in [2.24, 2.45) is 0 Å². The van der Waals surface area contributed by atoms with Crippen LogP contribution in [0.15, 0.2) is 60.9 Å². The van der Waals surface area contributed by atoms with Gasteiger partial charge in [-0.05, 0) is 42.3 Å². The zero-order chi connectivity index (χ0) is 22.8. The van der Waals surface area contributed by atoms with Gasteiger partial charge >= 0.3 is 0 Å². The summed E-state index contributed by atoms with van der Waals surface area (Å²) in [5.74, 6) is 0.216. The molecule has 2 aliphatic heterocycles. The fraction of sp³-hybridized carbons (Fsp3) is 0.346. The first-order chi connectivity index (χ1) is 16.1. The van der Waals surface area contributed by atoms with Gasteiger partial charge in [-0.3, -0.25) is 14.5 Å². The zero-order valence-electron chi connectivity index (χ0n) is 19.0. The highest BCUT2D eigenvalue weighted by Crippen LogP contribution is 2.30. The van der Waals surface area contributed by atoms with E-state index in [1.807, 2.05) is 76.1 Å². The van der Waals surface area contributed by atoms with Gasteiger partial charge in [-0.2, -0.15) is 5.10 Å². The highest BCUT2D eigenvalue weighted by atomic mass is 16.2. The topological polar surface area (TPSA) is 61.7 Å². The Morgan fingerprint density at radius 2 is 1.76 bits per heavy atom. The molecule has 2 aliphatic rings. The lowest BCUT2D eigenvalue weighted by Crippen LogP contribution is -2.48. The van der Waals surface area contributed by atoms with E-state index in [1.54, 1.807) is 0 Å². The molecular weight excluding hydrogens is 414 g/mol. The van der Waals surface area contributed by atoms with Crippen LogP contribution in [0, 0.1) is 0 Å². The molecule has 0 unspecified atom stereocenters. The second-order valence-electron chi connectivity index (χ2n) is 8.69. The van der Waals surface area contributed by atoms with Gasteiger partial charge in [0.25, 0.3) is 5.91 Å². The summed E-state index contributed by atoms with van der Waals surface area (Å²) in [5, 5.41) is 4.49. The summed E-state index contributed by atoms with van der Waals surface area (Å²) < 4.78 is 1.90. The Bertz CT molecular complexity index is 1150. The second kappa shape index (κ2) is 9.19. The van der Waals surface area contributed by atoms with Crippen LogP contribution in [0.5, 0.6) is 0 Å². The predicted molar refractivity (Wildman–Crippen MR) is 128 cm³/mol. The molecule has 2 aromatic carbocycles. The highest BCUT2D eigenvalue weighted by molar-refractivity contribution is 5.98. The molecule has 0 bridgehead atoms. The Labute approximate surface area is 194 Å². The Morgan fingerprint density at radius 3 is 2.52 bits per heavy atom. The molecule has 5 rings (SSSR count). The van der Waals surface area contributed by atoms with Crippen molar-refractivity contribution in [3.05, 3.63) is 77.6 Å². The third-order valence-electron chi connectivity index (χ3n) is 6.55. The van der Waals surface area contributed by atoms with Crippen molar-refractivity contribution < 1.29 is 9.59 Å². The summed E-state index contributed by atoms with van der Waals surface area (Å²) in [6, 6.07) is 15.9. The van der Waals surface area contributed by atoms with Gasteiger partial charge in [-0.25, -0.2) is 4.68 Å². The van der Waals surface area contributed by atoms with E-state index < -0.39 is 0 Å². The number of nitrogens with zero attached hydrogens (tertiary/aromatic N) is 5. The zero-order valence-corrected chi connectivity index (χ0v) is 19.0. The van der Waals surface area contributed by atoms with E-state index in [2.05, 4.69) is 16.2 Å². The van der Waals surface area contributed by atoms with Crippen molar-refractivity contribution in [1.29, 1.82) is 0 Å². The highest BCUT2D eigenvalue weighted by Gasteiger charge is 2.27. The van der Waals surface area contributed by atoms with Crippen LogP contribution < -0.4 is 4.90 Å². The average molecular weight is 444 g/mol. The van der Waals surface area contributed by atoms with Crippen LogP contribution >= 0.6 is 0 Å². The molecule has 7 nitrogen and oxygen atoms in total.